The Morgan fingerprint density at radius 2 is 2.00 bits per heavy atom. The van der Waals surface area contributed by atoms with Crippen molar-refractivity contribution < 1.29 is 24.2 Å². The van der Waals surface area contributed by atoms with Crippen molar-refractivity contribution >= 4 is 11.9 Å². The molecule has 1 heterocycles. The lowest BCUT2D eigenvalue weighted by Gasteiger charge is -2.07. The number of aromatic hydroxyl groups is 1. The summed E-state index contributed by atoms with van der Waals surface area (Å²) in [5, 5.41) is 20.7. The number of amides is 1. The van der Waals surface area contributed by atoms with Crippen molar-refractivity contribution in [1.29, 1.82) is 0 Å². The average molecular weight is 290 g/mol. The summed E-state index contributed by atoms with van der Waals surface area (Å²) >= 11 is 0. The van der Waals surface area contributed by atoms with Crippen molar-refractivity contribution in [2.24, 2.45) is 0 Å². The fourth-order valence-electron chi connectivity index (χ4n) is 1.62. The Bertz CT molecular complexity index is 686. The van der Waals surface area contributed by atoms with Gasteiger partial charge in [-0.2, -0.15) is 0 Å². The third-order valence-corrected chi connectivity index (χ3v) is 2.70. The van der Waals surface area contributed by atoms with E-state index in [1.807, 2.05) is 0 Å². The minimum Gasteiger partial charge on any atom is -0.507 e. The number of carboxylic acids is 1. The zero-order valence-electron chi connectivity index (χ0n) is 10.7. The van der Waals surface area contributed by atoms with Gasteiger partial charge in [0.05, 0.1) is 5.56 Å². The highest BCUT2D eigenvalue weighted by atomic mass is 19.1. The van der Waals surface area contributed by atoms with E-state index in [4.69, 9.17) is 5.11 Å². The van der Waals surface area contributed by atoms with E-state index in [1.165, 1.54) is 18.3 Å². The fraction of sp³-hybridized carbons (Fsp3) is 0.0714. The molecule has 0 unspecified atom stereocenters. The molecule has 0 fully saturated rings. The monoisotopic (exact) mass is 290 g/mol. The number of benzene rings is 1. The van der Waals surface area contributed by atoms with Crippen LogP contribution in [-0.4, -0.2) is 27.1 Å². The topological polar surface area (TPSA) is 99.5 Å². The number of aromatic carboxylic acids is 1. The highest BCUT2D eigenvalue weighted by Gasteiger charge is 2.12. The molecule has 2 aromatic rings. The molecule has 0 atom stereocenters. The highest BCUT2D eigenvalue weighted by molar-refractivity contribution is 5.96. The van der Waals surface area contributed by atoms with Gasteiger partial charge in [-0.25, -0.2) is 14.2 Å². The quantitative estimate of drug-likeness (QED) is 0.793. The van der Waals surface area contributed by atoms with Crippen LogP contribution in [0.1, 0.15) is 26.4 Å². The molecule has 0 spiro atoms. The zero-order chi connectivity index (χ0) is 15.4. The van der Waals surface area contributed by atoms with Gasteiger partial charge < -0.3 is 15.5 Å². The van der Waals surface area contributed by atoms with E-state index >= 15 is 0 Å². The molecule has 0 radical (unpaired) electrons. The molecule has 1 amide bonds. The number of rotatable bonds is 4. The predicted octanol–water partition coefficient (Wildman–Crippen LogP) is 1.55. The number of carbonyl (C=O) groups is 2. The number of hydrogen-bond acceptors (Lipinski definition) is 4. The van der Waals surface area contributed by atoms with Gasteiger partial charge in [0.25, 0.3) is 5.91 Å². The van der Waals surface area contributed by atoms with Crippen LogP contribution in [-0.2, 0) is 6.54 Å². The van der Waals surface area contributed by atoms with Crippen molar-refractivity contribution in [2.45, 2.75) is 6.54 Å². The van der Waals surface area contributed by atoms with Gasteiger partial charge in [-0.1, -0.05) is 6.07 Å². The van der Waals surface area contributed by atoms with Crippen LogP contribution in [0.5, 0.6) is 5.75 Å². The zero-order valence-corrected chi connectivity index (χ0v) is 10.7. The van der Waals surface area contributed by atoms with Gasteiger partial charge >= 0.3 is 5.97 Å². The number of nitrogens with one attached hydrogen (secondary N) is 1. The van der Waals surface area contributed by atoms with Crippen LogP contribution in [0.15, 0.2) is 36.5 Å². The van der Waals surface area contributed by atoms with E-state index in [-0.39, 0.29) is 23.6 Å². The minimum absolute atomic E-state index is 0.0711. The molecule has 0 saturated carbocycles. The van der Waals surface area contributed by atoms with Gasteiger partial charge in [0.15, 0.2) is 0 Å². The van der Waals surface area contributed by atoms with Crippen LogP contribution in [0.2, 0.25) is 0 Å². The highest BCUT2D eigenvalue weighted by Crippen LogP contribution is 2.17. The van der Waals surface area contributed by atoms with Crippen molar-refractivity contribution in [1.82, 2.24) is 10.3 Å². The van der Waals surface area contributed by atoms with E-state index in [0.717, 1.165) is 18.2 Å². The summed E-state index contributed by atoms with van der Waals surface area (Å²) in [5.41, 5.74) is 0.294. The number of phenolic OH excluding ortho intramolecular Hbond substituents is 1. The number of hydrogen-bond donors (Lipinski definition) is 3. The molecule has 0 saturated heterocycles. The van der Waals surface area contributed by atoms with Gasteiger partial charge in [0.2, 0.25) is 0 Å². The molecule has 6 nitrogen and oxygen atoms in total. The Morgan fingerprint density at radius 3 is 2.62 bits per heavy atom. The summed E-state index contributed by atoms with van der Waals surface area (Å²) < 4.78 is 13.0. The molecule has 21 heavy (non-hydrogen) atoms. The van der Waals surface area contributed by atoms with Crippen molar-refractivity contribution in [2.75, 3.05) is 0 Å². The molecule has 7 heteroatoms. The van der Waals surface area contributed by atoms with Crippen molar-refractivity contribution in [3.05, 3.63) is 59.2 Å². The molecule has 0 aliphatic carbocycles. The van der Waals surface area contributed by atoms with Gasteiger partial charge in [0.1, 0.15) is 17.3 Å². The minimum atomic E-state index is -1.14. The Hall–Kier alpha value is -2.96. The first-order chi connectivity index (χ1) is 9.97. The lowest BCUT2D eigenvalue weighted by Crippen LogP contribution is -2.23. The third-order valence-electron chi connectivity index (χ3n) is 2.70. The second-order valence-electron chi connectivity index (χ2n) is 4.20. The Kier molecular flexibility index (Phi) is 4.13. The number of carboxylic acid groups (broad SMARTS) is 1. The Morgan fingerprint density at radius 1 is 1.24 bits per heavy atom. The predicted molar refractivity (Wildman–Crippen MR) is 70.4 cm³/mol. The first kappa shape index (κ1) is 14.4. The largest absolute Gasteiger partial charge is 0.507 e. The number of carbonyl (C=O) groups excluding carboxylic acids is 1. The molecule has 2 rings (SSSR count). The summed E-state index contributed by atoms with van der Waals surface area (Å²) in [6.45, 7) is 0.0711. The van der Waals surface area contributed by atoms with E-state index in [9.17, 15) is 19.1 Å². The molecule has 1 aromatic heterocycles. The number of pyridine rings is 1. The van der Waals surface area contributed by atoms with Crippen LogP contribution < -0.4 is 5.32 Å². The molecule has 0 aliphatic rings. The van der Waals surface area contributed by atoms with Crippen LogP contribution in [0.3, 0.4) is 0 Å². The van der Waals surface area contributed by atoms with E-state index in [0.29, 0.717) is 5.56 Å². The van der Waals surface area contributed by atoms with Crippen LogP contribution in [0, 0.1) is 5.82 Å². The second-order valence-corrected chi connectivity index (χ2v) is 4.20. The van der Waals surface area contributed by atoms with E-state index in [1.54, 1.807) is 0 Å². The van der Waals surface area contributed by atoms with E-state index in [2.05, 4.69) is 10.3 Å². The molecule has 0 aliphatic heterocycles. The molecule has 108 valence electrons. The molecular formula is C14H11FN2O4. The van der Waals surface area contributed by atoms with Crippen LogP contribution in [0.4, 0.5) is 4.39 Å². The lowest BCUT2D eigenvalue weighted by atomic mass is 10.1. The van der Waals surface area contributed by atoms with Gasteiger partial charge in [-0.15, -0.1) is 0 Å². The maximum absolute atomic E-state index is 13.0. The number of nitrogens with zero attached hydrogens (tertiary/aromatic N) is 1. The molecule has 3 N–H and O–H groups in total. The molecule has 1 aromatic carbocycles. The maximum Gasteiger partial charge on any atom is 0.354 e. The summed E-state index contributed by atoms with van der Waals surface area (Å²) in [4.78, 5) is 26.2. The molecule has 0 bridgehead atoms. The standard InChI is InChI=1S/C14H11FN2O4/c15-9-2-4-12(18)10(5-9)13(19)17-7-8-1-3-11(14(20)21)16-6-8/h1-6,18H,7H2,(H,17,19)(H,20,21). The molecular weight excluding hydrogens is 279 g/mol. The number of phenols is 1. The van der Waals surface area contributed by atoms with Crippen LogP contribution >= 0.6 is 0 Å². The second kappa shape index (κ2) is 6.00. The van der Waals surface area contributed by atoms with Gasteiger partial charge in [0, 0.05) is 12.7 Å². The van der Waals surface area contributed by atoms with Gasteiger partial charge in [-0.05, 0) is 29.8 Å². The van der Waals surface area contributed by atoms with E-state index < -0.39 is 17.7 Å². The normalized spacial score (nSPS) is 10.1. The summed E-state index contributed by atoms with van der Waals surface area (Å²) in [6, 6.07) is 5.87. The van der Waals surface area contributed by atoms with Crippen molar-refractivity contribution in [3.63, 3.8) is 0 Å². The van der Waals surface area contributed by atoms with Crippen molar-refractivity contribution in [3.8, 4) is 5.75 Å². The fourth-order valence-corrected chi connectivity index (χ4v) is 1.62. The summed E-state index contributed by atoms with van der Waals surface area (Å²) in [7, 11) is 0. The SMILES string of the molecule is O=C(O)c1ccc(CNC(=O)c2cc(F)ccc2O)cn1. The lowest BCUT2D eigenvalue weighted by molar-refractivity contribution is 0.0690. The van der Waals surface area contributed by atoms with Gasteiger partial charge in [-0.3, -0.25) is 4.79 Å². The first-order valence-electron chi connectivity index (χ1n) is 5.92. The Labute approximate surface area is 118 Å². The Balaban J connectivity index is 2.04. The summed E-state index contributed by atoms with van der Waals surface area (Å²) in [6.07, 6.45) is 1.31. The number of aromatic nitrogens is 1. The average Bonchev–Trinajstić information content (AvgIpc) is 2.47. The third kappa shape index (κ3) is 3.53. The first-order valence-corrected chi connectivity index (χ1v) is 5.92. The summed E-state index contributed by atoms with van der Waals surface area (Å²) in [5.74, 6) is -2.75. The number of halogens is 1. The maximum atomic E-state index is 13.0. The van der Waals surface area contributed by atoms with Crippen LogP contribution in [0.25, 0.3) is 0 Å². The smallest absolute Gasteiger partial charge is 0.354 e.